The molecule has 1 saturated heterocycles. The highest BCUT2D eigenvalue weighted by molar-refractivity contribution is 5.68. The molecule has 0 bridgehead atoms. The second kappa shape index (κ2) is 8.53. The molecule has 0 spiro atoms. The Kier molecular flexibility index (Phi) is 5.90. The van der Waals surface area contributed by atoms with Gasteiger partial charge in [-0.3, -0.25) is 0 Å². The number of nitrogens with zero attached hydrogens (tertiary/aromatic N) is 2. The van der Waals surface area contributed by atoms with Crippen LogP contribution in [-0.4, -0.2) is 49.8 Å². The van der Waals surface area contributed by atoms with E-state index in [1.807, 2.05) is 48.5 Å². The lowest BCUT2D eigenvalue weighted by molar-refractivity contribution is 0.0948. The van der Waals surface area contributed by atoms with Crippen molar-refractivity contribution in [1.82, 2.24) is 4.90 Å². The summed E-state index contributed by atoms with van der Waals surface area (Å²) in [5, 5.41) is 0. The molecule has 2 N–H and O–H groups in total. The molecule has 1 aliphatic heterocycles. The lowest BCUT2D eigenvalue weighted by atomic mass is 10.1. The molecule has 1 heterocycles. The molecule has 3 rings (SSSR count). The lowest BCUT2D eigenvalue weighted by Crippen LogP contribution is -2.49. The molecule has 1 atom stereocenters. The van der Waals surface area contributed by atoms with E-state index in [1.54, 1.807) is 4.90 Å². The average molecular weight is 339 g/mol. The zero-order valence-electron chi connectivity index (χ0n) is 14.4. The van der Waals surface area contributed by atoms with Crippen LogP contribution in [0, 0.1) is 0 Å². The highest BCUT2D eigenvalue weighted by Crippen LogP contribution is 2.16. The molecule has 1 fully saturated rings. The number of carbonyl (C=O) groups excluding carboxylic acids is 1. The van der Waals surface area contributed by atoms with E-state index in [-0.39, 0.29) is 18.7 Å². The summed E-state index contributed by atoms with van der Waals surface area (Å²) < 4.78 is 5.40. The first kappa shape index (κ1) is 17.3. The molecule has 1 aliphatic rings. The largest absolute Gasteiger partial charge is 0.448 e. The fraction of sp³-hybridized carbons (Fsp3) is 0.350. The van der Waals surface area contributed by atoms with Crippen molar-refractivity contribution in [1.29, 1.82) is 0 Å². The topological polar surface area (TPSA) is 58.8 Å². The minimum atomic E-state index is -0.267. The Bertz CT molecular complexity index is 655. The smallest absolute Gasteiger partial charge is 0.409 e. The van der Waals surface area contributed by atoms with Crippen LogP contribution in [0.2, 0.25) is 0 Å². The molecular weight excluding hydrogens is 314 g/mol. The van der Waals surface area contributed by atoms with Crippen LogP contribution in [0.3, 0.4) is 0 Å². The first-order valence-electron chi connectivity index (χ1n) is 8.73. The molecule has 0 saturated carbocycles. The number of carbonyl (C=O) groups is 1. The molecule has 5 nitrogen and oxygen atoms in total. The number of para-hydroxylation sites is 1. The molecule has 132 valence electrons. The third kappa shape index (κ3) is 4.97. The highest BCUT2D eigenvalue weighted by atomic mass is 16.6. The van der Waals surface area contributed by atoms with Crippen molar-refractivity contribution in [2.24, 2.45) is 5.73 Å². The summed E-state index contributed by atoms with van der Waals surface area (Å²) in [6.07, 6.45) is 0.437. The van der Waals surface area contributed by atoms with Gasteiger partial charge in [0.15, 0.2) is 0 Å². The van der Waals surface area contributed by atoms with E-state index in [0.29, 0.717) is 19.5 Å². The zero-order valence-corrected chi connectivity index (χ0v) is 14.4. The fourth-order valence-electron chi connectivity index (χ4n) is 3.03. The number of benzene rings is 2. The monoisotopic (exact) mass is 339 g/mol. The molecule has 25 heavy (non-hydrogen) atoms. The van der Waals surface area contributed by atoms with E-state index in [2.05, 4.69) is 17.0 Å². The summed E-state index contributed by atoms with van der Waals surface area (Å²) in [6.45, 7) is 3.21. The predicted molar refractivity (Wildman–Crippen MR) is 99.7 cm³/mol. The average Bonchev–Trinajstić information content (AvgIpc) is 2.68. The Morgan fingerprint density at radius 2 is 1.56 bits per heavy atom. The van der Waals surface area contributed by atoms with Crippen molar-refractivity contribution in [2.75, 3.05) is 37.7 Å². The summed E-state index contributed by atoms with van der Waals surface area (Å²) in [4.78, 5) is 16.3. The minimum Gasteiger partial charge on any atom is -0.448 e. The second-order valence-electron chi connectivity index (χ2n) is 6.34. The van der Waals surface area contributed by atoms with E-state index in [0.717, 1.165) is 18.7 Å². The summed E-state index contributed by atoms with van der Waals surface area (Å²) in [6, 6.07) is 20.1. The van der Waals surface area contributed by atoms with Crippen LogP contribution >= 0.6 is 0 Å². The Balaban J connectivity index is 1.40. The number of nitrogens with two attached hydrogens (primary N) is 1. The number of hydrogen-bond acceptors (Lipinski definition) is 4. The maximum atomic E-state index is 12.2. The fourth-order valence-corrected chi connectivity index (χ4v) is 3.03. The van der Waals surface area contributed by atoms with Gasteiger partial charge in [0.05, 0.1) is 0 Å². The predicted octanol–water partition coefficient (Wildman–Crippen LogP) is 2.52. The second-order valence-corrected chi connectivity index (χ2v) is 6.34. The Morgan fingerprint density at radius 3 is 2.20 bits per heavy atom. The van der Waals surface area contributed by atoms with Crippen molar-refractivity contribution in [3.8, 4) is 0 Å². The number of anilines is 1. The van der Waals surface area contributed by atoms with Crippen LogP contribution in [0.5, 0.6) is 0 Å². The molecule has 2 aromatic carbocycles. The Hall–Kier alpha value is -2.53. The standard InChI is InChI=1S/C20H25N3O2/c21-18(15-17-7-3-1-4-8-17)16-25-20(24)23-13-11-22(12-14-23)19-9-5-2-6-10-19/h1-10,18H,11-16,21H2. The lowest BCUT2D eigenvalue weighted by Gasteiger charge is -2.35. The van der Waals surface area contributed by atoms with Crippen LogP contribution in [0.25, 0.3) is 0 Å². The van der Waals surface area contributed by atoms with Gasteiger partial charge < -0.3 is 20.3 Å². The first-order chi connectivity index (χ1) is 12.2. The molecule has 0 aromatic heterocycles. The summed E-state index contributed by atoms with van der Waals surface area (Å²) in [5.74, 6) is 0. The van der Waals surface area contributed by atoms with Gasteiger partial charge in [0, 0.05) is 37.9 Å². The Morgan fingerprint density at radius 1 is 0.960 bits per heavy atom. The van der Waals surface area contributed by atoms with Crippen LogP contribution in [0.1, 0.15) is 5.56 Å². The van der Waals surface area contributed by atoms with E-state index in [4.69, 9.17) is 10.5 Å². The third-order valence-corrected chi connectivity index (χ3v) is 4.42. The molecule has 0 aliphatic carbocycles. The van der Waals surface area contributed by atoms with Crippen molar-refractivity contribution >= 4 is 11.8 Å². The maximum absolute atomic E-state index is 12.2. The van der Waals surface area contributed by atoms with Gasteiger partial charge in [0.1, 0.15) is 6.61 Å². The van der Waals surface area contributed by atoms with Gasteiger partial charge in [-0.05, 0) is 24.1 Å². The zero-order chi connectivity index (χ0) is 17.5. The van der Waals surface area contributed by atoms with Gasteiger partial charge >= 0.3 is 6.09 Å². The Labute approximate surface area is 149 Å². The number of ether oxygens (including phenoxy) is 1. The molecule has 2 aromatic rings. The number of piperazine rings is 1. The minimum absolute atomic E-state index is 0.183. The van der Waals surface area contributed by atoms with Gasteiger partial charge in [-0.1, -0.05) is 48.5 Å². The SMILES string of the molecule is NC(COC(=O)N1CCN(c2ccccc2)CC1)Cc1ccccc1. The van der Waals surface area contributed by atoms with Crippen LogP contribution in [0.15, 0.2) is 60.7 Å². The van der Waals surface area contributed by atoms with Gasteiger partial charge in [0.2, 0.25) is 0 Å². The number of rotatable bonds is 5. The van der Waals surface area contributed by atoms with Gasteiger partial charge in [0.25, 0.3) is 0 Å². The molecule has 1 unspecified atom stereocenters. The van der Waals surface area contributed by atoms with Crippen molar-refractivity contribution < 1.29 is 9.53 Å². The first-order valence-corrected chi connectivity index (χ1v) is 8.73. The molecule has 0 radical (unpaired) electrons. The van der Waals surface area contributed by atoms with Gasteiger partial charge in [-0.15, -0.1) is 0 Å². The quantitative estimate of drug-likeness (QED) is 0.909. The van der Waals surface area contributed by atoms with E-state index in [9.17, 15) is 4.79 Å². The van der Waals surface area contributed by atoms with Gasteiger partial charge in [-0.25, -0.2) is 4.79 Å². The summed E-state index contributed by atoms with van der Waals surface area (Å²) >= 11 is 0. The van der Waals surface area contributed by atoms with E-state index >= 15 is 0 Å². The number of hydrogen-bond donors (Lipinski definition) is 1. The summed E-state index contributed by atoms with van der Waals surface area (Å²) in [5.41, 5.74) is 8.43. The molecule has 1 amide bonds. The van der Waals surface area contributed by atoms with Gasteiger partial charge in [-0.2, -0.15) is 0 Å². The number of amides is 1. The maximum Gasteiger partial charge on any atom is 0.409 e. The van der Waals surface area contributed by atoms with Crippen LogP contribution < -0.4 is 10.6 Å². The molecule has 5 heteroatoms. The van der Waals surface area contributed by atoms with Crippen LogP contribution in [0.4, 0.5) is 10.5 Å². The molecular formula is C20H25N3O2. The highest BCUT2D eigenvalue weighted by Gasteiger charge is 2.22. The van der Waals surface area contributed by atoms with Crippen molar-refractivity contribution in [3.63, 3.8) is 0 Å². The van der Waals surface area contributed by atoms with Crippen molar-refractivity contribution in [2.45, 2.75) is 12.5 Å². The summed E-state index contributed by atoms with van der Waals surface area (Å²) in [7, 11) is 0. The van der Waals surface area contributed by atoms with Crippen molar-refractivity contribution in [3.05, 3.63) is 66.2 Å². The van der Waals surface area contributed by atoms with E-state index < -0.39 is 0 Å². The normalized spacial score (nSPS) is 15.7. The third-order valence-electron chi connectivity index (χ3n) is 4.42. The van der Waals surface area contributed by atoms with E-state index in [1.165, 1.54) is 5.69 Å². The van der Waals surface area contributed by atoms with Crippen LogP contribution in [-0.2, 0) is 11.2 Å².